The lowest BCUT2D eigenvalue weighted by Gasteiger charge is -2.16. The number of ether oxygens (including phenoxy) is 1. The molecular formula is C22H23N3O3S. The third-order valence-corrected chi connectivity index (χ3v) is 5.06. The van der Waals surface area contributed by atoms with Gasteiger partial charge in [-0.25, -0.2) is 8.42 Å². The van der Waals surface area contributed by atoms with Gasteiger partial charge in [0.1, 0.15) is 11.8 Å². The minimum absolute atomic E-state index is 0.168. The maximum absolute atomic E-state index is 12.1. The minimum Gasteiger partial charge on any atom is -0.496 e. The van der Waals surface area contributed by atoms with Gasteiger partial charge < -0.3 is 10.1 Å². The summed E-state index contributed by atoms with van der Waals surface area (Å²) in [6, 6.07) is 16.3. The van der Waals surface area contributed by atoms with Crippen LogP contribution in [0.1, 0.15) is 5.56 Å². The van der Waals surface area contributed by atoms with Gasteiger partial charge in [0.25, 0.3) is 0 Å². The molecule has 1 N–H and O–H groups in total. The van der Waals surface area contributed by atoms with Gasteiger partial charge in [0, 0.05) is 29.8 Å². The minimum atomic E-state index is -3.43. The summed E-state index contributed by atoms with van der Waals surface area (Å²) in [6.07, 6.45) is 4.27. The van der Waals surface area contributed by atoms with Crippen molar-refractivity contribution in [2.24, 2.45) is 0 Å². The first kappa shape index (κ1) is 22.1. The summed E-state index contributed by atoms with van der Waals surface area (Å²) in [6.45, 7) is 0. The normalized spacial score (nSPS) is 10.4. The van der Waals surface area contributed by atoms with Gasteiger partial charge in [-0.2, -0.15) is 5.26 Å². The maximum Gasteiger partial charge on any atom is 0.175 e. The molecule has 150 valence electrons. The van der Waals surface area contributed by atoms with Crippen molar-refractivity contribution in [2.45, 2.75) is 4.90 Å². The van der Waals surface area contributed by atoms with Crippen LogP contribution in [0.5, 0.6) is 5.75 Å². The Morgan fingerprint density at radius 2 is 1.69 bits per heavy atom. The molecule has 1 aromatic heterocycles. The number of methoxy groups -OCH3 is 1. The summed E-state index contributed by atoms with van der Waals surface area (Å²) >= 11 is 0. The van der Waals surface area contributed by atoms with E-state index in [1.165, 1.54) is 19.4 Å². The Balaban J connectivity index is 0.000000941. The topological polar surface area (TPSA) is 92.1 Å². The van der Waals surface area contributed by atoms with Crippen LogP contribution >= 0.6 is 0 Å². The fraction of sp³-hybridized carbons (Fsp3) is 0.182. The number of nitrogens with zero attached hydrogens (tertiary/aromatic N) is 2. The highest BCUT2D eigenvalue weighted by atomic mass is 32.2. The number of aromatic nitrogens is 1. The van der Waals surface area contributed by atoms with Gasteiger partial charge in [-0.1, -0.05) is 30.3 Å². The van der Waals surface area contributed by atoms with Gasteiger partial charge in [0.2, 0.25) is 0 Å². The number of sulfone groups is 1. The fourth-order valence-electron chi connectivity index (χ4n) is 2.75. The first-order valence-electron chi connectivity index (χ1n) is 8.77. The van der Waals surface area contributed by atoms with E-state index in [1.807, 2.05) is 44.4 Å². The van der Waals surface area contributed by atoms with Gasteiger partial charge in [0.05, 0.1) is 17.6 Å². The van der Waals surface area contributed by atoms with Crippen molar-refractivity contribution < 1.29 is 13.2 Å². The Morgan fingerprint density at radius 1 is 1.03 bits per heavy atom. The smallest absolute Gasteiger partial charge is 0.175 e. The second-order valence-electron chi connectivity index (χ2n) is 6.26. The van der Waals surface area contributed by atoms with Crippen molar-refractivity contribution in [1.29, 1.82) is 5.26 Å². The van der Waals surface area contributed by atoms with E-state index in [9.17, 15) is 13.7 Å². The molecule has 0 saturated carbocycles. The molecule has 3 aromatic rings. The van der Waals surface area contributed by atoms with E-state index >= 15 is 0 Å². The molecule has 0 fully saturated rings. The van der Waals surface area contributed by atoms with Crippen molar-refractivity contribution in [3.05, 3.63) is 66.5 Å². The molecule has 0 unspecified atom stereocenters. The molecule has 7 heteroatoms. The van der Waals surface area contributed by atoms with Crippen molar-refractivity contribution in [1.82, 2.24) is 10.3 Å². The molecule has 0 aliphatic heterocycles. The highest BCUT2D eigenvalue weighted by Gasteiger charge is 2.19. The predicted molar refractivity (Wildman–Crippen MR) is 114 cm³/mol. The number of nitrogens with one attached hydrogen (secondary N) is 1. The number of hydrogen-bond acceptors (Lipinski definition) is 6. The van der Waals surface area contributed by atoms with Crippen molar-refractivity contribution in [3.63, 3.8) is 0 Å². The van der Waals surface area contributed by atoms with Crippen molar-refractivity contribution in [3.8, 4) is 34.1 Å². The molecule has 6 nitrogen and oxygen atoms in total. The lowest BCUT2D eigenvalue weighted by molar-refractivity contribution is 0.415. The van der Waals surface area contributed by atoms with Crippen molar-refractivity contribution >= 4 is 9.84 Å². The standard InChI is InChI=1S/C20H16N2O3S.C2H7N/c1-25-19-10-17(26(2,23)24)9-18(15-6-4-3-5-7-15)20(19)16-8-14(11-21)12-22-13-16;1-3-2/h3-10,12-13H,1-2H3;3H,1-2H3. The van der Waals surface area contributed by atoms with Crippen LogP contribution in [0.25, 0.3) is 22.3 Å². The maximum atomic E-state index is 12.1. The van der Waals surface area contributed by atoms with Crippen molar-refractivity contribution in [2.75, 3.05) is 27.5 Å². The zero-order chi connectivity index (χ0) is 21.4. The highest BCUT2D eigenvalue weighted by molar-refractivity contribution is 7.90. The van der Waals surface area contributed by atoms with E-state index in [0.29, 0.717) is 28.0 Å². The number of hydrogen-bond donors (Lipinski definition) is 1. The van der Waals surface area contributed by atoms with Gasteiger partial charge >= 0.3 is 0 Å². The Bertz CT molecular complexity index is 1120. The Hall–Kier alpha value is -3.21. The fourth-order valence-corrected chi connectivity index (χ4v) is 3.40. The van der Waals surface area contributed by atoms with Gasteiger partial charge in [-0.15, -0.1) is 0 Å². The monoisotopic (exact) mass is 409 g/mol. The summed E-state index contributed by atoms with van der Waals surface area (Å²) in [7, 11) is 1.81. The lowest BCUT2D eigenvalue weighted by atomic mass is 9.94. The number of benzene rings is 2. The second-order valence-corrected chi connectivity index (χ2v) is 8.28. The first-order valence-corrected chi connectivity index (χ1v) is 10.7. The van der Waals surface area contributed by atoms with Gasteiger partial charge in [-0.05, 0) is 43.4 Å². The van der Waals surface area contributed by atoms with Crippen LogP contribution in [-0.2, 0) is 9.84 Å². The number of rotatable bonds is 4. The van der Waals surface area contributed by atoms with Crippen LogP contribution in [0.15, 0.2) is 65.8 Å². The molecule has 0 spiro atoms. The van der Waals surface area contributed by atoms with Crippen LogP contribution in [0, 0.1) is 11.3 Å². The van der Waals surface area contributed by atoms with E-state index < -0.39 is 9.84 Å². The Kier molecular flexibility index (Phi) is 7.48. The highest BCUT2D eigenvalue weighted by Crippen LogP contribution is 2.41. The molecule has 0 atom stereocenters. The molecule has 1 heterocycles. The molecule has 0 saturated heterocycles. The molecule has 0 aliphatic carbocycles. The van der Waals surface area contributed by atoms with Crippen LogP contribution in [0.3, 0.4) is 0 Å². The van der Waals surface area contributed by atoms with E-state index in [4.69, 9.17) is 4.74 Å². The number of pyridine rings is 1. The molecule has 0 aliphatic rings. The summed E-state index contributed by atoms with van der Waals surface area (Å²) in [5, 5.41) is 11.9. The van der Waals surface area contributed by atoms with Crippen LogP contribution in [0.2, 0.25) is 0 Å². The second kappa shape index (κ2) is 9.82. The summed E-state index contributed by atoms with van der Waals surface area (Å²) in [5.41, 5.74) is 3.32. The van der Waals surface area contributed by atoms with E-state index in [1.54, 1.807) is 18.3 Å². The van der Waals surface area contributed by atoms with Gasteiger partial charge in [-0.3, -0.25) is 4.98 Å². The molecule has 29 heavy (non-hydrogen) atoms. The van der Waals surface area contributed by atoms with E-state index in [0.717, 1.165) is 11.8 Å². The van der Waals surface area contributed by atoms with E-state index in [-0.39, 0.29) is 4.90 Å². The molecular weight excluding hydrogens is 386 g/mol. The van der Waals surface area contributed by atoms with Crippen LogP contribution in [0.4, 0.5) is 0 Å². The van der Waals surface area contributed by atoms with Gasteiger partial charge in [0.15, 0.2) is 9.84 Å². The SMILES string of the molecule is CNC.COc1cc(S(C)(=O)=O)cc(-c2ccccc2)c1-c1cncc(C#N)c1. The zero-order valence-electron chi connectivity index (χ0n) is 16.8. The average molecular weight is 410 g/mol. The molecule has 0 bridgehead atoms. The summed E-state index contributed by atoms with van der Waals surface area (Å²) in [5.74, 6) is 0.406. The summed E-state index contributed by atoms with van der Waals surface area (Å²) < 4.78 is 29.7. The molecule has 3 rings (SSSR count). The first-order chi connectivity index (χ1) is 13.8. The quantitative estimate of drug-likeness (QED) is 0.709. The third kappa shape index (κ3) is 5.41. The third-order valence-electron chi connectivity index (χ3n) is 3.96. The largest absolute Gasteiger partial charge is 0.496 e. The Labute approximate surface area is 171 Å². The van der Waals surface area contributed by atoms with Crippen LogP contribution in [-0.4, -0.2) is 40.9 Å². The van der Waals surface area contributed by atoms with Crippen LogP contribution < -0.4 is 10.1 Å². The predicted octanol–water partition coefficient (Wildman–Crippen LogP) is 3.53. The average Bonchev–Trinajstić information content (AvgIpc) is 2.73. The zero-order valence-corrected chi connectivity index (χ0v) is 17.6. The summed E-state index contributed by atoms with van der Waals surface area (Å²) in [4.78, 5) is 4.28. The lowest BCUT2D eigenvalue weighted by Crippen LogP contribution is -2.01. The molecule has 0 radical (unpaired) electrons. The molecule has 2 aromatic carbocycles. The van der Waals surface area contributed by atoms with E-state index in [2.05, 4.69) is 16.4 Å². The Morgan fingerprint density at radius 3 is 2.24 bits per heavy atom. The molecule has 0 amide bonds. The number of nitriles is 1.